The molecule has 6 nitrogen and oxygen atoms in total. The molecule has 0 spiro atoms. The molecule has 9 heteroatoms. The summed E-state index contributed by atoms with van der Waals surface area (Å²) >= 11 is 12.1. The number of hydrogen-bond donors (Lipinski definition) is 3. The molecule has 1 aromatic rings. The topological polar surface area (TPSA) is 82.6 Å². The van der Waals surface area contributed by atoms with E-state index in [0.717, 1.165) is 18.4 Å². The van der Waals surface area contributed by atoms with Crippen LogP contribution in [0.1, 0.15) is 37.8 Å². The van der Waals surface area contributed by atoms with Crippen LogP contribution in [0.15, 0.2) is 23.2 Å². The number of halogens is 2. The molecule has 0 radical (unpaired) electrons. The standard InChI is InChI=1S/C17H26Cl2N4O2S/c1-12(15-7-6-14(18)10-16(15)19)23-17(20-2)21-8-9-26(24,25)22-11-13-4-3-5-13/h6-7,10,12-13,22H,3-5,8-9,11H2,1-2H3,(H2,20,21,23). The summed E-state index contributed by atoms with van der Waals surface area (Å²) in [5, 5.41) is 7.36. The normalized spacial score (nSPS) is 16.8. The average molecular weight is 421 g/mol. The highest BCUT2D eigenvalue weighted by Crippen LogP contribution is 2.26. The van der Waals surface area contributed by atoms with Crippen LogP contribution in [0.5, 0.6) is 0 Å². The highest BCUT2D eigenvalue weighted by molar-refractivity contribution is 7.89. The quantitative estimate of drug-likeness (QED) is 0.445. The monoisotopic (exact) mass is 420 g/mol. The SMILES string of the molecule is CN=C(NCCS(=O)(=O)NCC1CCC1)NC(C)c1ccc(Cl)cc1Cl. The van der Waals surface area contributed by atoms with Crippen LogP contribution >= 0.6 is 23.2 Å². The molecular formula is C17H26Cl2N4O2S. The summed E-state index contributed by atoms with van der Waals surface area (Å²) in [5.74, 6) is 1.01. The van der Waals surface area contributed by atoms with E-state index in [2.05, 4.69) is 20.3 Å². The number of aliphatic imine (C=N–C) groups is 1. The van der Waals surface area contributed by atoms with E-state index in [9.17, 15) is 8.42 Å². The van der Waals surface area contributed by atoms with Crippen molar-refractivity contribution in [1.82, 2.24) is 15.4 Å². The van der Waals surface area contributed by atoms with Gasteiger partial charge in [-0.05, 0) is 43.4 Å². The number of sulfonamides is 1. The predicted octanol–water partition coefficient (Wildman–Crippen LogP) is 2.94. The Balaban J connectivity index is 1.79. The predicted molar refractivity (Wildman–Crippen MR) is 109 cm³/mol. The van der Waals surface area contributed by atoms with Crippen molar-refractivity contribution in [3.05, 3.63) is 33.8 Å². The zero-order chi connectivity index (χ0) is 19.2. The molecule has 0 amide bonds. The van der Waals surface area contributed by atoms with Crippen LogP contribution in [0, 0.1) is 5.92 Å². The summed E-state index contributed by atoms with van der Waals surface area (Å²) in [6.45, 7) is 2.75. The Kier molecular flexibility index (Phi) is 8.01. The summed E-state index contributed by atoms with van der Waals surface area (Å²) < 4.78 is 26.7. The second-order valence-corrected chi connectivity index (χ2v) is 9.27. The molecule has 26 heavy (non-hydrogen) atoms. The fourth-order valence-corrected chi connectivity index (χ4v) is 4.22. The van der Waals surface area contributed by atoms with Gasteiger partial charge in [0, 0.05) is 30.2 Å². The van der Waals surface area contributed by atoms with Crippen LogP contribution in [-0.2, 0) is 10.0 Å². The van der Waals surface area contributed by atoms with Crippen molar-refractivity contribution in [3.63, 3.8) is 0 Å². The van der Waals surface area contributed by atoms with Gasteiger partial charge in [-0.1, -0.05) is 35.7 Å². The van der Waals surface area contributed by atoms with E-state index in [0.29, 0.717) is 28.5 Å². The molecule has 146 valence electrons. The fourth-order valence-electron chi connectivity index (χ4n) is 2.65. The fraction of sp³-hybridized carbons (Fsp3) is 0.588. The summed E-state index contributed by atoms with van der Waals surface area (Å²) in [5.41, 5.74) is 0.883. The molecule has 0 aliphatic heterocycles. The highest BCUT2D eigenvalue weighted by atomic mass is 35.5. The van der Waals surface area contributed by atoms with Crippen molar-refractivity contribution >= 4 is 39.2 Å². The Morgan fingerprint density at radius 2 is 2.08 bits per heavy atom. The number of benzene rings is 1. The summed E-state index contributed by atoms with van der Waals surface area (Å²) in [4.78, 5) is 4.13. The largest absolute Gasteiger partial charge is 0.355 e. The van der Waals surface area contributed by atoms with E-state index in [4.69, 9.17) is 23.2 Å². The molecule has 1 aromatic carbocycles. The Morgan fingerprint density at radius 3 is 2.65 bits per heavy atom. The molecule has 0 heterocycles. The lowest BCUT2D eigenvalue weighted by atomic mass is 9.86. The molecule has 1 aliphatic rings. The molecule has 1 aliphatic carbocycles. The van der Waals surface area contributed by atoms with Crippen LogP contribution in [0.3, 0.4) is 0 Å². The van der Waals surface area contributed by atoms with Crippen molar-refractivity contribution in [3.8, 4) is 0 Å². The van der Waals surface area contributed by atoms with Crippen LogP contribution in [0.2, 0.25) is 10.0 Å². The van der Waals surface area contributed by atoms with E-state index >= 15 is 0 Å². The molecule has 1 fully saturated rings. The lowest BCUT2D eigenvalue weighted by molar-refractivity contribution is 0.316. The third kappa shape index (κ3) is 6.61. The first kappa shape index (κ1) is 21.3. The molecular weight excluding hydrogens is 395 g/mol. The number of rotatable bonds is 8. The Morgan fingerprint density at radius 1 is 1.35 bits per heavy atom. The minimum atomic E-state index is -3.28. The molecule has 3 N–H and O–H groups in total. The van der Waals surface area contributed by atoms with E-state index < -0.39 is 10.0 Å². The highest BCUT2D eigenvalue weighted by Gasteiger charge is 2.20. The van der Waals surface area contributed by atoms with Gasteiger partial charge in [-0.15, -0.1) is 0 Å². The zero-order valence-corrected chi connectivity index (χ0v) is 17.4. The van der Waals surface area contributed by atoms with Crippen molar-refractivity contribution in [1.29, 1.82) is 0 Å². The molecule has 0 saturated heterocycles. The third-order valence-electron chi connectivity index (χ3n) is 4.49. The Hall–Kier alpha value is -1.02. The van der Waals surface area contributed by atoms with Gasteiger partial charge in [0.2, 0.25) is 10.0 Å². The van der Waals surface area contributed by atoms with E-state index in [1.807, 2.05) is 13.0 Å². The summed E-state index contributed by atoms with van der Waals surface area (Å²) in [6.07, 6.45) is 3.43. The van der Waals surface area contributed by atoms with Gasteiger partial charge in [-0.25, -0.2) is 13.1 Å². The first-order valence-corrected chi connectivity index (χ1v) is 11.1. The number of guanidine groups is 1. The zero-order valence-electron chi connectivity index (χ0n) is 15.1. The maximum absolute atomic E-state index is 12.0. The second-order valence-electron chi connectivity index (χ2n) is 6.50. The van der Waals surface area contributed by atoms with Gasteiger partial charge >= 0.3 is 0 Å². The molecule has 1 saturated carbocycles. The van der Waals surface area contributed by atoms with Gasteiger partial charge in [0.15, 0.2) is 5.96 Å². The smallest absolute Gasteiger partial charge is 0.213 e. The first-order chi connectivity index (χ1) is 12.3. The van der Waals surface area contributed by atoms with Gasteiger partial charge < -0.3 is 10.6 Å². The van der Waals surface area contributed by atoms with Gasteiger partial charge in [-0.3, -0.25) is 4.99 Å². The average Bonchev–Trinajstić information content (AvgIpc) is 2.51. The minimum Gasteiger partial charge on any atom is -0.355 e. The van der Waals surface area contributed by atoms with Crippen LogP contribution < -0.4 is 15.4 Å². The molecule has 1 unspecified atom stereocenters. The van der Waals surface area contributed by atoms with Gasteiger partial charge in [0.25, 0.3) is 0 Å². The van der Waals surface area contributed by atoms with Crippen LogP contribution in [-0.4, -0.2) is 40.3 Å². The minimum absolute atomic E-state index is 0.00347. The van der Waals surface area contributed by atoms with Gasteiger partial charge in [0.1, 0.15) is 0 Å². The van der Waals surface area contributed by atoms with Crippen molar-refractivity contribution < 1.29 is 8.42 Å². The maximum Gasteiger partial charge on any atom is 0.213 e. The van der Waals surface area contributed by atoms with Crippen molar-refractivity contribution in [2.24, 2.45) is 10.9 Å². The van der Waals surface area contributed by atoms with E-state index in [1.54, 1.807) is 19.2 Å². The van der Waals surface area contributed by atoms with Crippen LogP contribution in [0.25, 0.3) is 0 Å². The van der Waals surface area contributed by atoms with Crippen molar-refractivity contribution in [2.75, 3.05) is 25.9 Å². The lowest BCUT2D eigenvalue weighted by Crippen LogP contribution is -2.42. The third-order valence-corrected chi connectivity index (χ3v) is 6.40. The Bertz CT molecular complexity index is 736. The first-order valence-electron chi connectivity index (χ1n) is 8.70. The summed E-state index contributed by atoms with van der Waals surface area (Å²) in [7, 11) is -1.65. The van der Waals surface area contributed by atoms with Gasteiger partial charge in [-0.2, -0.15) is 0 Å². The van der Waals surface area contributed by atoms with E-state index in [-0.39, 0.29) is 18.3 Å². The number of nitrogens with zero attached hydrogens (tertiary/aromatic N) is 1. The number of nitrogens with one attached hydrogen (secondary N) is 3. The second kappa shape index (κ2) is 9.78. The Labute approximate surface area is 165 Å². The maximum atomic E-state index is 12.0. The van der Waals surface area contributed by atoms with E-state index in [1.165, 1.54) is 6.42 Å². The van der Waals surface area contributed by atoms with Gasteiger partial charge in [0.05, 0.1) is 11.8 Å². The van der Waals surface area contributed by atoms with Crippen LogP contribution in [0.4, 0.5) is 0 Å². The lowest BCUT2D eigenvalue weighted by Gasteiger charge is -2.25. The molecule has 1 atom stereocenters. The molecule has 0 bridgehead atoms. The molecule has 0 aromatic heterocycles. The van der Waals surface area contributed by atoms with Crippen molar-refractivity contribution in [2.45, 2.75) is 32.2 Å². The molecule has 2 rings (SSSR count). The number of hydrogen-bond acceptors (Lipinski definition) is 3. The summed E-state index contributed by atoms with van der Waals surface area (Å²) in [6, 6.07) is 5.20.